The highest BCUT2D eigenvalue weighted by atomic mass is 35.5. The summed E-state index contributed by atoms with van der Waals surface area (Å²) in [6.45, 7) is 1.80. The van der Waals surface area contributed by atoms with Gasteiger partial charge in [-0.1, -0.05) is 35.9 Å². The SMILES string of the molecule is Cc1ccc(C(=O)c2ccc(C(F)(F)F)cc2)cc1Cl. The summed E-state index contributed by atoms with van der Waals surface area (Å²) in [6.07, 6.45) is -4.41. The molecule has 2 aromatic carbocycles. The molecule has 0 heterocycles. The number of rotatable bonds is 2. The third kappa shape index (κ3) is 3.02. The Labute approximate surface area is 119 Å². The van der Waals surface area contributed by atoms with Crippen LogP contribution in [-0.2, 0) is 6.18 Å². The molecule has 0 aliphatic carbocycles. The zero-order valence-electron chi connectivity index (χ0n) is 10.5. The van der Waals surface area contributed by atoms with Crippen LogP contribution in [0.1, 0.15) is 27.0 Å². The van der Waals surface area contributed by atoms with Crippen LogP contribution in [0.15, 0.2) is 42.5 Å². The van der Waals surface area contributed by atoms with Gasteiger partial charge in [0.05, 0.1) is 5.56 Å². The Bertz CT molecular complexity index is 645. The Morgan fingerprint density at radius 1 is 1.00 bits per heavy atom. The van der Waals surface area contributed by atoms with E-state index in [9.17, 15) is 18.0 Å². The zero-order chi connectivity index (χ0) is 14.9. The predicted octanol–water partition coefficient (Wildman–Crippen LogP) is 4.90. The molecule has 0 aromatic heterocycles. The number of benzene rings is 2. The maximum absolute atomic E-state index is 12.4. The van der Waals surface area contributed by atoms with Gasteiger partial charge in [-0.3, -0.25) is 4.79 Å². The zero-order valence-corrected chi connectivity index (χ0v) is 11.2. The summed E-state index contributed by atoms with van der Waals surface area (Å²) in [6, 6.07) is 8.92. The normalized spacial score (nSPS) is 11.4. The Hall–Kier alpha value is -1.81. The molecular weight excluding hydrogens is 289 g/mol. The van der Waals surface area contributed by atoms with Gasteiger partial charge in [0.1, 0.15) is 0 Å². The van der Waals surface area contributed by atoms with Gasteiger partial charge in [0.15, 0.2) is 5.78 Å². The average molecular weight is 299 g/mol. The molecule has 1 nitrogen and oxygen atoms in total. The van der Waals surface area contributed by atoms with Crippen LogP contribution in [0.3, 0.4) is 0 Å². The summed E-state index contributed by atoms with van der Waals surface area (Å²) in [7, 11) is 0. The van der Waals surface area contributed by atoms with Crippen molar-refractivity contribution in [3.63, 3.8) is 0 Å². The number of alkyl halides is 3. The van der Waals surface area contributed by atoms with E-state index in [4.69, 9.17) is 11.6 Å². The second-order valence-corrected chi connectivity index (χ2v) is 4.78. The molecule has 0 saturated carbocycles. The highest BCUT2D eigenvalue weighted by Gasteiger charge is 2.30. The molecule has 0 amide bonds. The molecule has 2 aromatic rings. The highest BCUT2D eigenvalue weighted by molar-refractivity contribution is 6.31. The molecular formula is C15H10ClF3O. The van der Waals surface area contributed by atoms with E-state index >= 15 is 0 Å². The number of hydrogen-bond donors (Lipinski definition) is 0. The third-order valence-corrected chi connectivity index (χ3v) is 3.32. The van der Waals surface area contributed by atoms with Crippen molar-refractivity contribution in [3.05, 3.63) is 69.7 Å². The van der Waals surface area contributed by atoms with Gasteiger partial charge < -0.3 is 0 Å². The predicted molar refractivity (Wildman–Crippen MR) is 71.1 cm³/mol. The van der Waals surface area contributed by atoms with Gasteiger partial charge in [0.2, 0.25) is 0 Å². The van der Waals surface area contributed by atoms with Gasteiger partial charge in [0.25, 0.3) is 0 Å². The number of aryl methyl sites for hydroxylation is 1. The van der Waals surface area contributed by atoms with Crippen LogP contribution in [0.2, 0.25) is 5.02 Å². The van der Waals surface area contributed by atoms with Crippen LogP contribution in [0.5, 0.6) is 0 Å². The molecule has 0 spiro atoms. The van der Waals surface area contributed by atoms with Gasteiger partial charge in [-0.05, 0) is 30.7 Å². The van der Waals surface area contributed by atoms with Gasteiger partial charge in [-0.25, -0.2) is 0 Å². The summed E-state index contributed by atoms with van der Waals surface area (Å²) >= 11 is 5.93. The minimum atomic E-state index is -4.41. The lowest BCUT2D eigenvalue weighted by Crippen LogP contribution is -2.06. The molecule has 0 aliphatic heterocycles. The van der Waals surface area contributed by atoms with Crippen LogP contribution in [-0.4, -0.2) is 5.78 Å². The fourth-order valence-electron chi connectivity index (χ4n) is 1.71. The van der Waals surface area contributed by atoms with E-state index in [1.807, 2.05) is 0 Å². The van der Waals surface area contributed by atoms with Crippen LogP contribution in [0.25, 0.3) is 0 Å². The number of hydrogen-bond acceptors (Lipinski definition) is 1. The van der Waals surface area contributed by atoms with Crippen molar-refractivity contribution in [1.29, 1.82) is 0 Å². The second-order valence-electron chi connectivity index (χ2n) is 4.37. The first kappa shape index (κ1) is 14.6. The van der Waals surface area contributed by atoms with Crippen molar-refractivity contribution >= 4 is 17.4 Å². The highest BCUT2D eigenvalue weighted by Crippen LogP contribution is 2.29. The average Bonchev–Trinajstić information content (AvgIpc) is 2.40. The van der Waals surface area contributed by atoms with Crippen molar-refractivity contribution in [2.45, 2.75) is 13.1 Å². The molecule has 20 heavy (non-hydrogen) atoms. The molecule has 5 heteroatoms. The van der Waals surface area contributed by atoms with Crippen molar-refractivity contribution in [1.82, 2.24) is 0 Å². The Kier molecular flexibility index (Phi) is 3.86. The maximum atomic E-state index is 12.4. The minimum Gasteiger partial charge on any atom is -0.289 e. The molecule has 2 rings (SSSR count). The molecule has 0 N–H and O–H groups in total. The van der Waals surface area contributed by atoms with E-state index < -0.39 is 11.7 Å². The molecule has 0 saturated heterocycles. The second kappa shape index (κ2) is 5.29. The van der Waals surface area contributed by atoms with E-state index in [2.05, 4.69) is 0 Å². The lowest BCUT2D eigenvalue weighted by molar-refractivity contribution is -0.137. The van der Waals surface area contributed by atoms with Gasteiger partial charge in [0, 0.05) is 16.1 Å². The lowest BCUT2D eigenvalue weighted by atomic mass is 10.0. The molecule has 0 radical (unpaired) electrons. The van der Waals surface area contributed by atoms with Crippen LogP contribution < -0.4 is 0 Å². The first-order valence-corrected chi connectivity index (χ1v) is 6.15. The van der Waals surface area contributed by atoms with Gasteiger partial charge in [-0.2, -0.15) is 13.2 Å². The molecule has 0 unspecified atom stereocenters. The van der Waals surface area contributed by atoms with Gasteiger partial charge in [-0.15, -0.1) is 0 Å². The quantitative estimate of drug-likeness (QED) is 0.721. The summed E-state index contributed by atoms with van der Waals surface area (Å²) < 4.78 is 37.3. The first-order valence-electron chi connectivity index (χ1n) is 5.77. The molecule has 0 fully saturated rings. The van der Waals surface area contributed by atoms with Gasteiger partial charge >= 0.3 is 6.18 Å². The fourth-order valence-corrected chi connectivity index (χ4v) is 1.89. The Balaban J connectivity index is 2.31. The molecule has 0 aliphatic rings. The van der Waals surface area contributed by atoms with E-state index in [1.165, 1.54) is 18.2 Å². The maximum Gasteiger partial charge on any atom is 0.416 e. The minimum absolute atomic E-state index is 0.193. The first-order chi connectivity index (χ1) is 9.29. The number of halogens is 4. The molecule has 0 atom stereocenters. The van der Waals surface area contributed by atoms with Crippen LogP contribution in [0, 0.1) is 6.92 Å². The van der Waals surface area contributed by atoms with Crippen LogP contribution in [0.4, 0.5) is 13.2 Å². The summed E-state index contributed by atoms with van der Waals surface area (Å²) in [5, 5.41) is 0.447. The monoisotopic (exact) mass is 298 g/mol. The van der Waals surface area contributed by atoms with Crippen molar-refractivity contribution in [2.75, 3.05) is 0 Å². The summed E-state index contributed by atoms with van der Waals surface area (Å²) in [5.74, 6) is -0.361. The molecule has 104 valence electrons. The smallest absolute Gasteiger partial charge is 0.289 e. The van der Waals surface area contributed by atoms with E-state index in [0.717, 1.165) is 17.7 Å². The largest absolute Gasteiger partial charge is 0.416 e. The number of carbonyl (C=O) groups excluding carboxylic acids is 1. The van der Waals surface area contributed by atoms with Crippen molar-refractivity contribution in [2.24, 2.45) is 0 Å². The van der Waals surface area contributed by atoms with E-state index in [0.29, 0.717) is 10.6 Å². The molecule has 0 bridgehead atoms. The summed E-state index contributed by atoms with van der Waals surface area (Å²) in [4.78, 5) is 12.1. The standard InChI is InChI=1S/C15H10ClF3O/c1-9-2-3-11(8-13(9)16)14(20)10-4-6-12(7-5-10)15(17,18)19/h2-8H,1H3. The van der Waals surface area contributed by atoms with E-state index in [1.54, 1.807) is 19.1 Å². The Morgan fingerprint density at radius 2 is 1.55 bits per heavy atom. The topological polar surface area (TPSA) is 17.1 Å². The van der Waals surface area contributed by atoms with Crippen LogP contribution >= 0.6 is 11.6 Å². The fraction of sp³-hybridized carbons (Fsp3) is 0.133. The summed E-state index contributed by atoms with van der Waals surface area (Å²) in [5.41, 5.74) is 0.588. The third-order valence-electron chi connectivity index (χ3n) is 2.91. The number of carbonyl (C=O) groups is 1. The Morgan fingerprint density at radius 3 is 2.05 bits per heavy atom. The van der Waals surface area contributed by atoms with E-state index in [-0.39, 0.29) is 11.3 Å². The number of ketones is 1. The van der Waals surface area contributed by atoms with Crippen molar-refractivity contribution < 1.29 is 18.0 Å². The lowest BCUT2D eigenvalue weighted by Gasteiger charge is -2.07. The van der Waals surface area contributed by atoms with Crippen molar-refractivity contribution in [3.8, 4) is 0 Å².